The average Bonchev–Trinajstić information content (AvgIpc) is 2.72. The zero-order valence-corrected chi connectivity index (χ0v) is 17.4. The molecule has 0 saturated heterocycles. The van der Waals surface area contributed by atoms with Crippen LogP contribution in [0.4, 0.5) is 32.0 Å². The summed E-state index contributed by atoms with van der Waals surface area (Å²) in [6.07, 6.45) is -7.33. The summed E-state index contributed by atoms with van der Waals surface area (Å²) in [6, 6.07) is 7.57. The van der Waals surface area contributed by atoms with E-state index in [0.29, 0.717) is 48.4 Å². The highest BCUT2D eigenvalue weighted by Gasteiger charge is 2.39. The van der Waals surface area contributed by atoms with Gasteiger partial charge in [0.1, 0.15) is 11.4 Å². The number of alkyl halides is 6. The number of rotatable bonds is 5. The number of hydrogen-bond donors (Lipinski definition) is 2. The monoisotopic (exact) mass is 479 g/mol. The summed E-state index contributed by atoms with van der Waals surface area (Å²) >= 11 is 5.81. The van der Waals surface area contributed by atoms with E-state index in [-0.39, 0.29) is 30.1 Å². The summed E-state index contributed by atoms with van der Waals surface area (Å²) in [5.74, 6) is -0.171. The van der Waals surface area contributed by atoms with Crippen LogP contribution in [-0.2, 0) is 12.4 Å². The molecule has 1 aliphatic carbocycles. The summed E-state index contributed by atoms with van der Waals surface area (Å²) in [6.45, 7) is 0.219. The first-order valence-electron chi connectivity index (χ1n) is 9.88. The van der Waals surface area contributed by atoms with Crippen LogP contribution in [0.2, 0.25) is 5.02 Å². The maximum Gasteiger partial charge on any atom is 0.433 e. The van der Waals surface area contributed by atoms with Crippen molar-refractivity contribution in [1.29, 1.82) is 0 Å². The first-order valence-corrected chi connectivity index (χ1v) is 10.3. The SMILES string of the molecule is O=C(NC1CCC(CNc2cc(C(F)(F)F)nc(C(F)(F)F)c2)CC1)c1ccc(Cl)cc1. The molecular weight excluding hydrogens is 460 g/mol. The Kier molecular flexibility index (Phi) is 7.22. The maximum atomic E-state index is 12.9. The fourth-order valence-corrected chi connectivity index (χ4v) is 3.69. The zero-order chi connectivity index (χ0) is 23.5. The number of anilines is 1. The molecule has 2 aromatic rings. The van der Waals surface area contributed by atoms with Crippen molar-refractivity contribution in [3.63, 3.8) is 0 Å². The van der Waals surface area contributed by atoms with Crippen molar-refractivity contribution >= 4 is 23.2 Å². The summed E-state index contributed by atoms with van der Waals surface area (Å²) in [7, 11) is 0. The molecule has 1 amide bonds. The molecule has 0 aliphatic heterocycles. The molecule has 0 spiro atoms. The number of pyridine rings is 1. The lowest BCUT2D eigenvalue weighted by Gasteiger charge is -2.29. The molecule has 0 radical (unpaired) electrons. The van der Waals surface area contributed by atoms with Gasteiger partial charge < -0.3 is 10.6 Å². The highest BCUT2D eigenvalue weighted by atomic mass is 35.5. The molecule has 1 aliphatic rings. The number of carbonyl (C=O) groups is 1. The first-order chi connectivity index (χ1) is 14.9. The zero-order valence-electron chi connectivity index (χ0n) is 16.7. The number of hydrogen-bond acceptors (Lipinski definition) is 3. The molecular formula is C21H20ClF6N3O. The smallest absolute Gasteiger partial charge is 0.385 e. The van der Waals surface area contributed by atoms with Crippen LogP contribution in [-0.4, -0.2) is 23.5 Å². The average molecular weight is 480 g/mol. The highest BCUT2D eigenvalue weighted by molar-refractivity contribution is 6.30. The minimum Gasteiger partial charge on any atom is -0.385 e. The molecule has 0 atom stereocenters. The van der Waals surface area contributed by atoms with Crippen molar-refractivity contribution in [1.82, 2.24) is 10.3 Å². The number of halogens is 7. The Morgan fingerprint density at radius 3 is 1.97 bits per heavy atom. The van der Waals surface area contributed by atoms with Gasteiger partial charge in [0.15, 0.2) is 0 Å². The molecule has 2 N–H and O–H groups in total. The lowest BCUT2D eigenvalue weighted by Crippen LogP contribution is -2.38. The normalized spacial score (nSPS) is 19.5. The highest BCUT2D eigenvalue weighted by Crippen LogP contribution is 2.35. The van der Waals surface area contributed by atoms with Gasteiger partial charge >= 0.3 is 12.4 Å². The second kappa shape index (κ2) is 9.56. The summed E-state index contributed by atoms with van der Waals surface area (Å²) in [4.78, 5) is 15.0. The van der Waals surface area contributed by atoms with Crippen LogP contribution in [0.25, 0.3) is 0 Å². The van der Waals surface area contributed by atoms with Crippen molar-refractivity contribution in [2.24, 2.45) is 5.92 Å². The van der Waals surface area contributed by atoms with Crippen LogP contribution in [0, 0.1) is 5.92 Å². The predicted molar refractivity (Wildman–Crippen MR) is 107 cm³/mol. The standard InChI is InChI=1S/C21H20ClF6N3O/c22-14-5-3-13(4-6-14)19(32)30-15-7-1-12(2-8-15)11-29-16-9-17(20(23,24)25)31-18(10-16)21(26,27)28/h3-6,9-10,12,15H,1-2,7-8,11H2,(H,29,31)(H,30,32). The number of aromatic nitrogens is 1. The third kappa shape index (κ3) is 6.51. The second-order valence-corrected chi connectivity index (χ2v) is 8.14. The van der Waals surface area contributed by atoms with E-state index < -0.39 is 23.7 Å². The van der Waals surface area contributed by atoms with Gasteiger partial charge in [0.2, 0.25) is 0 Å². The molecule has 32 heavy (non-hydrogen) atoms. The molecule has 11 heteroatoms. The number of nitrogens with zero attached hydrogens (tertiary/aromatic N) is 1. The quantitative estimate of drug-likeness (QED) is 0.504. The second-order valence-electron chi connectivity index (χ2n) is 7.70. The van der Waals surface area contributed by atoms with Crippen LogP contribution in [0.1, 0.15) is 47.4 Å². The van der Waals surface area contributed by atoms with Gasteiger partial charge in [-0.2, -0.15) is 26.3 Å². The van der Waals surface area contributed by atoms with Crippen molar-refractivity contribution in [3.8, 4) is 0 Å². The largest absolute Gasteiger partial charge is 0.433 e. The van der Waals surface area contributed by atoms with E-state index in [1.807, 2.05) is 0 Å². The molecule has 1 saturated carbocycles. The van der Waals surface area contributed by atoms with Gasteiger partial charge in [0.05, 0.1) is 0 Å². The predicted octanol–water partition coefficient (Wildman–Crippen LogP) is 6.17. The van der Waals surface area contributed by atoms with E-state index in [2.05, 4.69) is 15.6 Å². The Morgan fingerprint density at radius 2 is 1.47 bits per heavy atom. The van der Waals surface area contributed by atoms with Gasteiger partial charge in [-0.15, -0.1) is 0 Å². The van der Waals surface area contributed by atoms with E-state index in [4.69, 9.17) is 11.6 Å². The Balaban J connectivity index is 1.54. The fourth-order valence-electron chi connectivity index (χ4n) is 3.57. The molecule has 1 aromatic heterocycles. The minimum absolute atomic E-state index is 0.0514. The number of carbonyl (C=O) groups excluding carboxylic acids is 1. The van der Waals surface area contributed by atoms with Crippen molar-refractivity contribution in [2.75, 3.05) is 11.9 Å². The molecule has 1 heterocycles. The lowest BCUT2D eigenvalue weighted by molar-refractivity contribution is -0.150. The summed E-state index contributed by atoms with van der Waals surface area (Å²) in [5, 5.41) is 6.14. The van der Waals surface area contributed by atoms with Gasteiger partial charge in [-0.25, -0.2) is 4.98 Å². The first kappa shape index (κ1) is 24.2. The van der Waals surface area contributed by atoms with Gasteiger partial charge in [-0.1, -0.05) is 11.6 Å². The molecule has 3 rings (SSSR count). The van der Waals surface area contributed by atoms with E-state index in [1.54, 1.807) is 24.3 Å². The topological polar surface area (TPSA) is 54.0 Å². The van der Waals surface area contributed by atoms with Gasteiger partial charge in [-0.3, -0.25) is 4.79 Å². The number of nitrogens with one attached hydrogen (secondary N) is 2. The van der Waals surface area contributed by atoms with Crippen LogP contribution >= 0.6 is 11.6 Å². The molecule has 1 aromatic carbocycles. The van der Waals surface area contributed by atoms with Crippen molar-refractivity contribution in [3.05, 3.63) is 58.4 Å². The molecule has 0 bridgehead atoms. The molecule has 174 valence electrons. The van der Waals surface area contributed by atoms with E-state index in [1.165, 1.54) is 0 Å². The van der Waals surface area contributed by atoms with Crippen molar-refractivity contribution in [2.45, 2.75) is 44.1 Å². The van der Waals surface area contributed by atoms with E-state index in [9.17, 15) is 31.1 Å². The Labute approximate surface area is 185 Å². The third-order valence-electron chi connectivity index (χ3n) is 5.29. The lowest BCUT2D eigenvalue weighted by atomic mass is 9.86. The van der Waals surface area contributed by atoms with Gasteiger partial charge in [-0.05, 0) is 68.0 Å². The summed E-state index contributed by atoms with van der Waals surface area (Å²) in [5.41, 5.74) is -2.98. The van der Waals surface area contributed by atoms with E-state index >= 15 is 0 Å². The van der Waals surface area contributed by atoms with Crippen LogP contribution in [0.5, 0.6) is 0 Å². The summed E-state index contributed by atoms with van der Waals surface area (Å²) < 4.78 is 77.5. The molecule has 4 nitrogen and oxygen atoms in total. The molecule has 0 unspecified atom stereocenters. The maximum absolute atomic E-state index is 12.9. The fraction of sp³-hybridized carbons (Fsp3) is 0.429. The number of amides is 1. The minimum atomic E-state index is -4.99. The van der Waals surface area contributed by atoms with Gasteiger partial charge in [0.25, 0.3) is 5.91 Å². The van der Waals surface area contributed by atoms with E-state index in [0.717, 1.165) is 0 Å². The van der Waals surface area contributed by atoms with Crippen LogP contribution < -0.4 is 10.6 Å². The van der Waals surface area contributed by atoms with Gasteiger partial charge in [0, 0.05) is 28.9 Å². The Hall–Kier alpha value is -2.49. The third-order valence-corrected chi connectivity index (χ3v) is 5.54. The van der Waals surface area contributed by atoms with Crippen LogP contribution in [0.15, 0.2) is 36.4 Å². The number of benzene rings is 1. The molecule has 1 fully saturated rings. The Morgan fingerprint density at radius 1 is 0.938 bits per heavy atom. The van der Waals surface area contributed by atoms with Crippen molar-refractivity contribution < 1.29 is 31.1 Å². The van der Waals surface area contributed by atoms with Crippen LogP contribution in [0.3, 0.4) is 0 Å². The Bertz CT molecular complexity index is 906.